The van der Waals surface area contributed by atoms with Gasteiger partial charge in [0.1, 0.15) is 12.4 Å². The van der Waals surface area contributed by atoms with Crippen LogP contribution in [0.4, 0.5) is 5.69 Å². The molecule has 0 radical (unpaired) electrons. The molecule has 1 fully saturated rings. The molecule has 0 saturated carbocycles. The quantitative estimate of drug-likeness (QED) is 0.449. The first kappa shape index (κ1) is 22.6. The molecule has 1 N–H and O–H groups in total. The van der Waals surface area contributed by atoms with Crippen molar-refractivity contribution in [3.63, 3.8) is 0 Å². The molecule has 4 rings (SSSR count). The van der Waals surface area contributed by atoms with E-state index >= 15 is 0 Å². The van der Waals surface area contributed by atoms with Gasteiger partial charge in [0, 0.05) is 12.1 Å². The molecule has 0 spiro atoms. The van der Waals surface area contributed by atoms with Crippen LogP contribution >= 0.6 is 23.4 Å². The number of thioether (sulfide) groups is 1. The molecule has 1 aliphatic rings. The Morgan fingerprint density at radius 1 is 1.12 bits per heavy atom. The number of hydrogen-bond donors (Lipinski definition) is 1. The number of likely N-dealkylation sites (N-methyl/N-ethyl adjacent to an activating group) is 1. The Bertz CT molecular complexity index is 1250. The lowest BCUT2D eigenvalue weighted by Crippen LogP contribution is -2.23. The number of amides is 1. The Kier molecular flexibility index (Phi) is 6.82. The number of carboxylic acids is 1. The number of rotatable bonds is 6. The second-order valence-electron chi connectivity index (χ2n) is 7.21. The molecule has 0 atom stereocenters. The van der Waals surface area contributed by atoms with E-state index in [0.29, 0.717) is 27.4 Å². The molecule has 0 unspecified atom stereocenters. The van der Waals surface area contributed by atoms with E-state index in [2.05, 4.69) is 4.99 Å². The molecule has 1 amide bonds. The van der Waals surface area contributed by atoms with Crippen LogP contribution in [0.1, 0.15) is 21.5 Å². The van der Waals surface area contributed by atoms with E-state index in [0.717, 1.165) is 16.9 Å². The SMILES string of the molecule is CN1C(=O)/C(=C\c2ccc(OCc3ccc(Cl)cc3)cc2)SC1=Nc1cccc(C(=O)O)c1. The number of amidine groups is 1. The molecule has 1 aliphatic heterocycles. The van der Waals surface area contributed by atoms with Gasteiger partial charge in [0.05, 0.1) is 16.2 Å². The number of halogens is 1. The maximum Gasteiger partial charge on any atom is 0.335 e. The van der Waals surface area contributed by atoms with Crippen molar-refractivity contribution in [2.75, 3.05) is 7.05 Å². The smallest absolute Gasteiger partial charge is 0.335 e. The molecule has 33 heavy (non-hydrogen) atoms. The summed E-state index contributed by atoms with van der Waals surface area (Å²) in [5.41, 5.74) is 2.48. The predicted octanol–water partition coefficient (Wildman–Crippen LogP) is 5.85. The van der Waals surface area contributed by atoms with Crippen molar-refractivity contribution in [1.29, 1.82) is 0 Å². The Hall–Kier alpha value is -3.55. The Morgan fingerprint density at radius 3 is 2.55 bits per heavy atom. The Morgan fingerprint density at radius 2 is 1.85 bits per heavy atom. The topological polar surface area (TPSA) is 79.2 Å². The van der Waals surface area contributed by atoms with Crippen LogP contribution in [-0.2, 0) is 11.4 Å². The van der Waals surface area contributed by atoms with Gasteiger partial charge < -0.3 is 9.84 Å². The molecule has 0 aliphatic carbocycles. The van der Waals surface area contributed by atoms with E-state index in [-0.39, 0.29) is 11.5 Å². The van der Waals surface area contributed by atoms with Crippen molar-refractivity contribution in [1.82, 2.24) is 4.90 Å². The highest BCUT2D eigenvalue weighted by molar-refractivity contribution is 8.18. The van der Waals surface area contributed by atoms with Gasteiger partial charge in [-0.1, -0.05) is 41.9 Å². The van der Waals surface area contributed by atoms with Crippen molar-refractivity contribution >= 4 is 52.2 Å². The van der Waals surface area contributed by atoms with Gasteiger partial charge in [-0.3, -0.25) is 9.69 Å². The van der Waals surface area contributed by atoms with Gasteiger partial charge in [0.2, 0.25) is 0 Å². The molecular weight excluding hydrogens is 460 g/mol. The zero-order chi connectivity index (χ0) is 23.4. The van der Waals surface area contributed by atoms with Crippen LogP contribution in [0.25, 0.3) is 6.08 Å². The van der Waals surface area contributed by atoms with E-state index in [1.807, 2.05) is 48.5 Å². The van der Waals surface area contributed by atoms with Gasteiger partial charge in [-0.2, -0.15) is 0 Å². The minimum absolute atomic E-state index is 0.142. The first-order valence-electron chi connectivity index (χ1n) is 9.96. The van der Waals surface area contributed by atoms with Crippen LogP contribution in [0, 0.1) is 0 Å². The number of ether oxygens (including phenoxy) is 1. The number of benzene rings is 3. The number of carboxylic acid groups (broad SMARTS) is 1. The highest BCUT2D eigenvalue weighted by atomic mass is 35.5. The molecule has 0 bridgehead atoms. The average molecular weight is 479 g/mol. The van der Waals surface area contributed by atoms with Crippen LogP contribution in [0.3, 0.4) is 0 Å². The fourth-order valence-corrected chi connectivity index (χ4v) is 4.14. The lowest BCUT2D eigenvalue weighted by molar-refractivity contribution is -0.121. The number of aromatic carboxylic acids is 1. The van der Waals surface area contributed by atoms with Gasteiger partial charge in [-0.15, -0.1) is 0 Å². The third kappa shape index (κ3) is 5.63. The fourth-order valence-electron chi connectivity index (χ4n) is 3.03. The molecule has 3 aromatic rings. The molecule has 166 valence electrons. The van der Waals surface area contributed by atoms with Crippen molar-refractivity contribution < 1.29 is 19.4 Å². The van der Waals surface area contributed by atoms with Gasteiger partial charge in [0.25, 0.3) is 5.91 Å². The second-order valence-corrected chi connectivity index (χ2v) is 8.65. The number of nitrogens with zero attached hydrogens (tertiary/aromatic N) is 2. The highest BCUT2D eigenvalue weighted by Crippen LogP contribution is 2.33. The molecule has 1 heterocycles. The average Bonchev–Trinajstić information content (AvgIpc) is 3.07. The Balaban J connectivity index is 1.45. The van der Waals surface area contributed by atoms with Gasteiger partial charge in [-0.25, -0.2) is 9.79 Å². The monoisotopic (exact) mass is 478 g/mol. The molecule has 8 heteroatoms. The molecule has 0 aromatic heterocycles. The van der Waals surface area contributed by atoms with Crippen LogP contribution < -0.4 is 4.74 Å². The molecular formula is C25H19ClN2O4S. The first-order valence-corrected chi connectivity index (χ1v) is 11.2. The number of hydrogen-bond acceptors (Lipinski definition) is 5. The normalized spacial score (nSPS) is 15.9. The molecule has 6 nitrogen and oxygen atoms in total. The zero-order valence-corrected chi connectivity index (χ0v) is 19.1. The van der Waals surface area contributed by atoms with E-state index < -0.39 is 5.97 Å². The summed E-state index contributed by atoms with van der Waals surface area (Å²) >= 11 is 7.14. The van der Waals surface area contributed by atoms with Crippen LogP contribution in [0.15, 0.2) is 82.7 Å². The lowest BCUT2D eigenvalue weighted by Gasteiger charge is -2.07. The minimum Gasteiger partial charge on any atom is -0.489 e. The third-order valence-corrected chi connectivity index (χ3v) is 6.13. The van der Waals surface area contributed by atoms with Gasteiger partial charge in [0.15, 0.2) is 5.17 Å². The van der Waals surface area contributed by atoms with Crippen LogP contribution in [0.2, 0.25) is 5.02 Å². The minimum atomic E-state index is -1.03. The summed E-state index contributed by atoms with van der Waals surface area (Å²) in [7, 11) is 1.64. The van der Waals surface area contributed by atoms with Crippen LogP contribution in [0.5, 0.6) is 5.75 Å². The summed E-state index contributed by atoms with van der Waals surface area (Å²) < 4.78 is 5.80. The molecule has 1 saturated heterocycles. The largest absolute Gasteiger partial charge is 0.489 e. The summed E-state index contributed by atoms with van der Waals surface area (Å²) in [6, 6.07) is 21.2. The van der Waals surface area contributed by atoms with Gasteiger partial charge in [-0.05, 0) is 71.4 Å². The summed E-state index contributed by atoms with van der Waals surface area (Å²) in [6.07, 6.45) is 1.79. The lowest BCUT2D eigenvalue weighted by atomic mass is 10.2. The summed E-state index contributed by atoms with van der Waals surface area (Å²) in [5.74, 6) is -0.479. The number of carbonyl (C=O) groups excluding carboxylic acids is 1. The van der Waals surface area contributed by atoms with Crippen molar-refractivity contribution in [3.8, 4) is 5.75 Å². The predicted molar refractivity (Wildman–Crippen MR) is 131 cm³/mol. The van der Waals surface area contributed by atoms with Crippen molar-refractivity contribution in [2.45, 2.75) is 6.61 Å². The van der Waals surface area contributed by atoms with Crippen molar-refractivity contribution in [2.24, 2.45) is 4.99 Å². The van der Waals surface area contributed by atoms with Gasteiger partial charge >= 0.3 is 5.97 Å². The van der Waals surface area contributed by atoms with E-state index in [9.17, 15) is 9.59 Å². The Labute approximate surface area is 200 Å². The van der Waals surface area contributed by atoms with E-state index in [1.165, 1.54) is 28.8 Å². The summed E-state index contributed by atoms with van der Waals surface area (Å²) in [6.45, 7) is 0.430. The second kappa shape index (κ2) is 9.94. The van der Waals surface area contributed by atoms with E-state index in [4.69, 9.17) is 21.4 Å². The summed E-state index contributed by atoms with van der Waals surface area (Å²) in [4.78, 5) is 30.3. The standard InChI is InChI=1S/C25H19ClN2O4S/c1-28-23(29)22(33-25(28)27-20-4-2-3-18(14-20)24(30)31)13-16-7-11-21(12-8-16)32-15-17-5-9-19(26)10-6-17/h2-14H,15H2,1H3,(H,30,31)/b22-13+,27-25?. The first-order chi connectivity index (χ1) is 15.9. The fraction of sp³-hybridized carbons (Fsp3) is 0.0800. The number of aliphatic imine (C=N–C) groups is 1. The molecule has 3 aromatic carbocycles. The zero-order valence-electron chi connectivity index (χ0n) is 17.6. The summed E-state index contributed by atoms with van der Waals surface area (Å²) in [5, 5.41) is 10.3. The van der Waals surface area contributed by atoms with E-state index in [1.54, 1.807) is 25.3 Å². The maximum absolute atomic E-state index is 12.7. The highest BCUT2D eigenvalue weighted by Gasteiger charge is 2.30. The van der Waals surface area contributed by atoms with Crippen molar-refractivity contribution in [3.05, 3.63) is 99.4 Å². The third-order valence-electron chi connectivity index (χ3n) is 4.82. The maximum atomic E-state index is 12.7. The van der Waals surface area contributed by atoms with Crippen LogP contribution in [-0.4, -0.2) is 34.1 Å². The number of carbonyl (C=O) groups is 2.